The molecule has 0 bridgehead atoms. The van der Waals surface area contributed by atoms with E-state index in [-0.39, 0.29) is 0 Å². The van der Waals surface area contributed by atoms with Crippen molar-refractivity contribution >= 4 is 10.9 Å². The van der Waals surface area contributed by atoms with Crippen LogP contribution in [0.5, 0.6) is 0 Å². The van der Waals surface area contributed by atoms with Crippen LogP contribution in [0.3, 0.4) is 0 Å². The third-order valence-corrected chi connectivity index (χ3v) is 3.39. The number of aromatic nitrogens is 1. The quantitative estimate of drug-likeness (QED) is 0.581. The molecule has 1 heterocycles. The molecule has 0 saturated heterocycles. The first-order valence-electron chi connectivity index (χ1n) is 5.87. The zero-order chi connectivity index (χ0) is 11.8. The van der Waals surface area contributed by atoms with Crippen LogP contribution in [0.25, 0.3) is 22.0 Å². The van der Waals surface area contributed by atoms with Gasteiger partial charge in [-0.15, -0.1) is 0 Å². The van der Waals surface area contributed by atoms with Gasteiger partial charge in [-0.3, -0.25) is 0 Å². The highest BCUT2D eigenvalue weighted by Gasteiger charge is 2.03. The van der Waals surface area contributed by atoms with Gasteiger partial charge in [0.2, 0.25) is 0 Å². The topological polar surface area (TPSA) is 4.93 Å². The summed E-state index contributed by atoms with van der Waals surface area (Å²) in [6.07, 6.45) is 0. The molecule has 17 heavy (non-hydrogen) atoms. The van der Waals surface area contributed by atoms with Crippen molar-refractivity contribution in [3.05, 3.63) is 60.3 Å². The van der Waals surface area contributed by atoms with Crippen molar-refractivity contribution in [2.24, 2.45) is 7.05 Å². The SMILES string of the molecule is Cc1cc2cc(-c3ccccc3)ccc2n1C. The molecule has 0 radical (unpaired) electrons. The maximum Gasteiger partial charge on any atom is 0.0480 e. The molecule has 0 saturated carbocycles. The van der Waals surface area contributed by atoms with Gasteiger partial charge < -0.3 is 4.57 Å². The van der Waals surface area contributed by atoms with E-state index in [4.69, 9.17) is 0 Å². The Morgan fingerprint density at radius 1 is 0.824 bits per heavy atom. The Hall–Kier alpha value is -2.02. The van der Waals surface area contributed by atoms with Gasteiger partial charge in [0, 0.05) is 23.6 Å². The van der Waals surface area contributed by atoms with Gasteiger partial charge in [0.1, 0.15) is 0 Å². The van der Waals surface area contributed by atoms with Gasteiger partial charge in [-0.25, -0.2) is 0 Å². The fourth-order valence-electron chi connectivity index (χ4n) is 2.30. The molecule has 0 unspecified atom stereocenters. The van der Waals surface area contributed by atoms with E-state index >= 15 is 0 Å². The molecule has 1 heteroatoms. The maximum atomic E-state index is 2.26. The summed E-state index contributed by atoms with van der Waals surface area (Å²) in [5, 5.41) is 1.31. The Labute approximate surface area is 101 Å². The molecule has 1 aromatic heterocycles. The van der Waals surface area contributed by atoms with Crippen molar-refractivity contribution in [1.82, 2.24) is 4.57 Å². The summed E-state index contributed by atoms with van der Waals surface area (Å²) in [5.74, 6) is 0. The Morgan fingerprint density at radius 2 is 1.59 bits per heavy atom. The lowest BCUT2D eigenvalue weighted by molar-refractivity contribution is 0.918. The summed E-state index contributed by atoms with van der Waals surface area (Å²) in [7, 11) is 2.11. The molecule has 2 aromatic carbocycles. The Balaban J connectivity index is 2.21. The first-order chi connectivity index (χ1) is 8.25. The maximum absolute atomic E-state index is 2.26. The minimum atomic E-state index is 1.27. The van der Waals surface area contributed by atoms with Gasteiger partial charge in [0.15, 0.2) is 0 Å². The lowest BCUT2D eigenvalue weighted by atomic mass is 10.0. The summed E-state index contributed by atoms with van der Waals surface area (Å²) < 4.78 is 2.23. The minimum absolute atomic E-state index is 1.27. The lowest BCUT2D eigenvalue weighted by Gasteiger charge is -2.03. The summed E-state index contributed by atoms with van der Waals surface area (Å²) in [6.45, 7) is 2.14. The summed E-state index contributed by atoms with van der Waals surface area (Å²) in [5.41, 5.74) is 5.15. The number of hydrogen-bond donors (Lipinski definition) is 0. The Bertz CT molecular complexity index is 663. The van der Waals surface area contributed by atoms with Gasteiger partial charge in [0.05, 0.1) is 0 Å². The number of benzene rings is 2. The highest BCUT2D eigenvalue weighted by molar-refractivity contribution is 5.86. The minimum Gasteiger partial charge on any atom is -0.348 e. The average Bonchev–Trinajstić information content (AvgIpc) is 2.66. The molecule has 1 nitrogen and oxygen atoms in total. The fraction of sp³-hybridized carbons (Fsp3) is 0.125. The summed E-state index contributed by atoms with van der Waals surface area (Å²) >= 11 is 0. The molecule has 0 spiro atoms. The van der Waals surface area contributed by atoms with Crippen molar-refractivity contribution in [2.45, 2.75) is 6.92 Å². The first kappa shape index (κ1) is 10.2. The lowest BCUT2D eigenvalue weighted by Crippen LogP contribution is -1.88. The molecule has 0 aliphatic carbocycles. The van der Waals surface area contributed by atoms with Crippen LogP contribution in [-0.4, -0.2) is 4.57 Å². The molecule has 0 atom stereocenters. The van der Waals surface area contributed by atoms with E-state index in [0.29, 0.717) is 0 Å². The van der Waals surface area contributed by atoms with E-state index in [1.807, 2.05) is 0 Å². The average molecular weight is 221 g/mol. The van der Waals surface area contributed by atoms with E-state index < -0.39 is 0 Å². The number of hydrogen-bond acceptors (Lipinski definition) is 0. The van der Waals surface area contributed by atoms with Crippen LogP contribution in [0.15, 0.2) is 54.6 Å². The van der Waals surface area contributed by atoms with E-state index in [2.05, 4.69) is 73.1 Å². The second-order valence-corrected chi connectivity index (χ2v) is 4.48. The monoisotopic (exact) mass is 221 g/mol. The largest absolute Gasteiger partial charge is 0.348 e. The van der Waals surface area contributed by atoms with Gasteiger partial charge >= 0.3 is 0 Å². The number of aryl methyl sites for hydroxylation is 2. The third-order valence-electron chi connectivity index (χ3n) is 3.39. The van der Waals surface area contributed by atoms with Crippen molar-refractivity contribution in [2.75, 3.05) is 0 Å². The zero-order valence-corrected chi connectivity index (χ0v) is 10.1. The Morgan fingerprint density at radius 3 is 2.35 bits per heavy atom. The predicted molar refractivity (Wildman–Crippen MR) is 73.1 cm³/mol. The zero-order valence-electron chi connectivity index (χ0n) is 10.1. The highest BCUT2D eigenvalue weighted by atomic mass is 14.9. The number of nitrogens with zero attached hydrogens (tertiary/aromatic N) is 1. The van der Waals surface area contributed by atoms with Crippen LogP contribution in [0, 0.1) is 6.92 Å². The van der Waals surface area contributed by atoms with Gasteiger partial charge in [-0.05, 0) is 36.2 Å². The van der Waals surface area contributed by atoms with Crippen molar-refractivity contribution in [3.8, 4) is 11.1 Å². The summed E-state index contributed by atoms with van der Waals surface area (Å²) in [6, 6.07) is 19.4. The van der Waals surface area contributed by atoms with E-state index in [9.17, 15) is 0 Å². The predicted octanol–water partition coefficient (Wildman–Crippen LogP) is 4.15. The standard InChI is InChI=1S/C16H15N/c1-12-10-15-11-14(8-9-16(15)17(12)2)13-6-4-3-5-7-13/h3-11H,1-2H3. The van der Waals surface area contributed by atoms with Crippen LogP contribution in [0.2, 0.25) is 0 Å². The molecule has 84 valence electrons. The number of fused-ring (bicyclic) bond motifs is 1. The van der Waals surface area contributed by atoms with Gasteiger partial charge in [-0.2, -0.15) is 0 Å². The van der Waals surface area contributed by atoms with Crippen LogP contribution in [-0.2, 0) is 7.05 Å². The van der Waals surface area contributed by atoms with Crippen molar-refractivity contribution in [1.29, 1.82) is 0 Å². The normalized spacial score (nSPS) is 10.9. The van der Waals surface area contributed by atoms with Crippen molar-refractivity contribution < 1.29 is 0 Å². The first-order valence-corrected chi connectivity index (χ1v) is 5.87. The molecule has 0 amide bonds. The smallest absolute Gasteiger partial charge is 0.0480 e. The van der Waals surface area contributed by atoms with Crippen LogP contribution < -0.4 is 0 Å². The summed E-state index contributed by atoms with van der Waals surface area (Å²) in [4.78, 5) is 0. The molecule has 3 rings (SSSR count). The van der Waals surface area contributed by atoms with Gasteiger partial charge in [0.25, 0.3) is 0 Å². The van der Waals surface area contributed by atoms with Crippen LogP contribution in [0.1, 0.15) is 5.69 Å². The number of rotatable bonds is 1. The molecule has 0 aliphatic rings. The van der Waals surface area contributed by atoms with E-state index in [0.717, 1.165) is 0 Å². The second kappa shape index (κ2) is 3.77. The van der Waals surface area contributed by atoms with Crippen LogP contribution in [0.4, 0.5) is 0 Å². The third kappa shape index (κ3) is 1.64. The Kier molecular flexibility index (Phi) is 2.25. The second-order valence-electron chi connectivity index (χ2n) is 4.48. The van der Waals surface area contributed by atoms with Crippen molar-refractivity contribution in [3.63, 3.8) is 0 Å². The molecule has 0 aliphatic heterocycles. The molecular formula is C16H15N. The van der Waals surface area contributed by atoms with E-state index in [1.165, 1.54) is 27.7 Å². The fourth-order valence-corrected chi connectivity index (χ4v) is 2.30. The van der Waals surface area contributed by atoms with E-state index in [1.54, 1.807) is 0 Å². The highest BCUT2D eigenvalue weighted by Crippen LogP contribution is 2.25. The molecular weight excluding hydrogens is 206 g/mol. The van der Waals surface area contributed by atoms with Gasteiger partial charge in [-0.1, -0.05) is 36.4 Å². The molecule has 0 N–H and O–H groups in total. The van der Waals surface area contributed by atoms with Crippen LogP contribution >= 0.6 is 0 Å². The molecule has 0 fully saturated rings. The molecule has 3 aromatic rings.